The Bertz CT molecular complexity index is 1170. The van der Waals surface area contributed by atoms with Crippen LogP contribution >= 0.6 is 0 Å². The van der Waals surface area contributed by atoms with Crippen molar-refractivity contribution in [2.75, 3.05) is 13.2 Å². The summed E-state index contributed by atoms with van der Waals surface area (Å²) in [5.41, 5.74) is 0. The third kappa shape index (κ3) is 50.1. The van der Waals surface area contributed by atoms with Gasteiger partial charge >= 0.3 is 17.9 Å². The Kier molecular flexibility index (Phi) is 50.4. The Morgan fingerprint density at radius 2 is 0.672 bits per heavy atom. The van der Waals surface area contributed by atoms with Gasteiger partial charge in [0.05, 0.1) is 0 Å². The molecule has 6 nitrogen and oxygen atoms in total. The molecule has 0 aliphatic rings. The van der Waals surface area contributed by atoms with Gasteiger partial charge < -0.3 is 14.2 Å². The van der Waals surface area contributed by atoms with Crippen molar-refractivity contribution in [1.29, 1.82) is 0 Å². The highest BCUT2D eigenvalue weighted by Gasteiger charge is 2.19. The summed E-state index contributed by atoms with van der Waals surface area (Å²) >= 11 is 0. The maximum atomic E-state index is 12.8. The summed E-state index contributed by atoms with van der Waals surface area (Å²) in [6.45, 7) is 6.48. The lowest BCUT2D eigenvalue weighted by molar-refractivity contribution is -0.167. The van der Waals surface area contributed by atoms with Crippen molar-refractivity contribution in [3.63, 3.8) is 0 Å². The summed E-state index contributed by atoms with van der Waals surface area (Å²) in [5, 5.41) is 0. The van der Waals surface area contributed by atoms with Crippen molar-refractivity contribution >= 4 is 17.9 Å². The monoisotopic (exact) mass is 895 g/mol. The van der Waals surface area contributed by atoms with Gasteiger partial charge in [0.1, 0.15) is 13.2 Å². The molecule has 0 N–H and O–H groups in total. The van der Waals surface area contributed by atoms with Crippen LogP contribution in [0.25, 0.3) is 0 Å². The van der Waals surface area contributed by atoms with Crippen LogP contribution in [0.4, 0.5) is 0 Å². The van der Waals surface area contributed by atoms with Crippen LogP contribution in [-0.2, 0) is 28.6 Å². The fourth-order valence-corrected chi connectivity index (χ4v) is 7.71. The fraction of sp³-hybridized carbons (Fsp3) is 0.776. The SMILES string of the molecule is CC/C=C/C=C/C=C/CCCCCCCC(=O)OCC(COC(=O)CCCCCCCCC/C=C/C/C=C/CCCCC)OC(=O)CCCCCCCCCCCCCCCCCC. The average molecular weight is 895 g/mol. The summed E-state index contributed by atoms with van der Waals surface area (Å²) < 4.78 is 16.8. The number of hydrogen-bond donors (Lipinski definition) is 0. The maximum Gasteiger partial charge on any atom is 0.306 e. The number of ether oxygens (including phenoxy) is 3. The van der Waals surface area contributed by atoms with E-state index in [1.54, 1.807) is 0 Å². The van der Waals surface area contributed by atoms with Gasteiger partial charge in [-0.2, -0.15) is 0 Å². The van der Waals surface area contributed by atoms with Gasteiger partial charge in [0.2, 0.25) is 0 Å². The van der Waals surface area contributed by atoms with Gasteiger partial charge in [-0.15, -0.1) is 0 Å². The van der Waals surface area contributed by atoms with Crippen LogP contribution in [0.5, 0.6) is 0 Å². The summed E-state index contributed by atoms with van der Waals surface area (Å²) in [6, 6.07) is 0. The third-order valence-electron chi connectivity index (χ3n) is 11.8. The molecule has 0 aliphatic heterocycles. The first-order valence-electron chi connectivity index (χ1n) is 27.3. The van der Waals surface area contributed by atoms with Crippen molar-refractivity contribution in [1.82, 2.24) is 0 Å². The van der Waals surface area contributed by atoms with E-state index in [9.17, 15) is 14.4 Å². The first kappa shape index (κ1) is 61.1. The minimum atomic E-state index is -0.783. The van der Waals surface area contributed by atoms with Gasteiger partial charge in [-0.1, -0.05) is 242 Å². The van der Waals surface area contributed by atoms with E-state index in [0.29, 0.717) is 19.3 Å². The lowest BCUT2D eigenvalue weighted by Gasteiger charge is -2.18. The minimum Gasteiger partial charge on any atom is -0.462 e. The minimum absolute atomic E-state index is 0.0832. The van der Waals surface area contributed by atoms with Crippen LogP contribution in [0.15, 0.2) is 60.8 Å². The summed E-state index contributed by atoms with van der Waals surface area (Å²) in [5.74, 6) is -0.902. The summed E-state index contributed by atoms with van der Waals surface area (Å²) in [4.78, 5) is 38.1. The van der Waals surface area contributed by atoms with Gasteiger partial charge in [-0.3, -0.25) is 14.4 Å². The number of carbonyl (C=O) groups excluding carboxylic acids is 3. The first-order chi connectivity index (χ1) is 31.5. The van der Waals surface area contributed by atoms with Gasteiger partial charge in [0, 0.05) is 19.3 Å². The Balaban J connectivity index is 4.38. The predicted molar refractivity (Wildman–Crippen MR) is 275 cm³/mol. The molecule has 370 valence electrons. The number of esters is 3. The Labute approximate surface area is 396 Å². The Hall–Kier alpha value is -2.89. The third-order valence-corrected chi connectivity index (χ3v) is 11.8. The molecule has 0 heterocycles. The number of rotatable bonds is 49. The summed E-state index contributed by atoms with van der Waals surface area (Å²) in [7, 11) is 0. The molecule has 0 aromatic heterocycles. The van der Waals surface area contributed by atoms with Gasteiger partial charge in [-0.05, 0) is 70.6 Å². The molecule has 0 radical (unpaired) electrons. The largest absolute Gasteiger partial charge is 0.462 e. The topological polar surface area (TPSA) is 78.9 Å². The van der Waals surface area contributed by atoms with Crippen LogP contribution in [0.3, 0.4) is 0 Å². The lowest BCUT2D eigenvalue weighted by Crippen LogP contribution is -2.30. The van der Waals surface area contributed by atoms with E-state index in [-0.39, 0.29) is 31.1 Å². The second-order valence-electron chi connectivity index (χ2n) is 18.2. The molecule has 1 unspecified atom stereocenters. The second kappa shape index (κ2) is 52.7. The molecule has 0 bridgehead atoms. The molecule has 0 rings (SSSR count). The zero-order valence-electron chi connectivity index (χ0n) is 42.3. The van der Waals surface area contributed by atoms with E-state index in [2.05, 4.69) is 81.5 Å². The van der Waals surface area contributed by atoms with Crippen molar-refractivity contribution in [3.05, 3.63) is 60.8 Å². The van der Waals surface area contributed by atoms with Gasteiger partial charge in [0.15, 0.2) is 6.10 Å². The highest BCUT2D eigenvalue weighted by atomic mass is 16.6. The van der Waals surface area contributed by atoms with Crippen LogP contribution < -0.4 is 0 Å². The lowest BCUT2D eigenvalue weighted by atomic mass is 10.0. The van der Waals surface area contributed by atoms with Crippen LogP contribution in [-0.4, -0.2) is 37.2 Å². The molecule has 0 amide bonds. The smallest absolute Gasteiger partial charge is 0.306 e. The molecule has 0 saturated heterocycles. The molecule has 0 aliphatic carbocycles. The molecule has 0 saturated carbocycles. The van der Waals surface area contributed by atoms with E-state index < -0.39 is 6.10 Å². The van der Waals surface area contributed by atoms with Crippen LogP contribution in [0.1, 0.15) is 271 Å². The van der Waals surface area contributed by atoms with Crippen molar-refractivity contribution < 1.29 is 28.6 Å². The van der Waals surface area contributed by atoms with Crippen LogP contribution in [0, 0.1) is 0 Å². The number of unbranched alkanes of at least 4 members (excludes halogenated alkanes) is 30. The molecule has 0 aromatic carbocycles. The van der Waals surface area contributed by atoms with Crippen molar-refractivity contribution in [3.8, 4) is 0 Å². The molecule has 1 atom stereocenters. The maximum absolute atomic E-state index is 12.8. The van der Waals surface area contributed by atoms with Gasteiger partial charge in [-0.25, -0.2) is 0 Å². The molecule has 0 aromatic rings. The van der Waals surface area contributed by atoms with E-state index in [0.717, 1.165) is 96.3 Å². The predicted octanol–water partition coefficient (Wildman–Crippen LogP) is 18.0. The van der Waals surface area contributed by atoms with E-state index in [1.807, 2.05) is 0 Å². The second-order valence-corrected chi connectivity index (χ2v) is 18.2. The van der Waals surface area contributed by atoms with E-state index in [4.69, 9.17) is 14.2 Å². The van der Waals surface area contributed by atoms with Crippen molar-refractivity contribution in [2.45, 2.75) is 277 Å². The molecule has 64 heavy (non-hydrogen) atoms. The number of carbonyl (C=O) groups is 3. The normalized spacial score (nSPS) is 12.5. The number of allylic oxidation sites excluding steroid dienone is 10. The zero-order valence-corrected chi connectivity index (χ0v) is 42.3. The van der Waals surface area contributed by atoms with E-state index >= 15 is 0 Å². The Morgan fingerprint density at radius 3 is 1.09 bits per heavy atom. The first-order valence-corrected chi connectivity index (χ1v) is 27.3. The standard InChI is InChI=1S/C58H102O6/c1-4-7-10-13-16-19-22-25-27-29-31-33-36-39-42-45-48-51-57(60)63-54-55(53-62-56(59)50-47-44-41-38-35-32-24-21-18-15-12-9-6-3)64-58(61)52-49-46-43-40-37-34-30-28-26-23-20-17-14-11-8-5-2/h9,12,15-16,18-19,21,24-25,27,55H,4-8,10-11,13-14,17,20,22-23,26,28-54H2,1-3H3/b12-9+,18-15+,19-16+,24-21+,27-25+. The Morgan fingerprint density at radius 1 is 0.344 bits per heavy atom. The molecular formula is C58H102O6. The number of hydrogen-bond acceptors (Lipinski definition) is 6. The van der Waals surface area contributed by atoms with Crippen molar-refractivity contribution in [2.24, 2.45) is 0 Å². The quantitative estimate of drug-likeness (QED) is 0.0199. The average Bonchev–Trinajstić information content (AvgIpc) is 3.29. The molecule has 6 heteroatoms. The molecule has 0 fully saturated rings. The molecule has 0 spiro atoms. The summed E-state index contributed by atoms with van der Waals surface area (Å²) in [6.07, 6.45) is 64.9. The highest BCUT2D eigenvalue weighted by molar-refractivity contribution is 5.71. The van der Waals surface area contributed by atoms with Crippen LogP contribution in [0.2, 0.25) is 0 Å². The highest BCUT2D eigenvalue weighted by Crippen LogP contribution is 2.16. The van der Waals surface area contributed by atoms with E-state index in [1.165, 1.54) is 135 Å². The van der Waals surface area contributed by atoms with Gasteiger partial charge in [0.25, 0.3) is 0 Å². The fourth-order valence-electron chi connectivity index (χ4n) is 7.71. The zero-order chi connectivity index (χ0) is 46.5. The molecular weight excluding hydrogens is 793 g/mol.